The third-order valence-corrected chi connectivity index (χ3v) is 1.84. The molecule has 0 N–H and O–H groups in total. The Balaban J connectivity index is 0.000000162. The van der Waals surface area contributed by atoms with Crippen LogP contribution >= 0.6 is 0 Å². The van der Waals surface area contributed by atoms with Gasteiger partial charge in [0.25, 0.3) is 0 Å². The van der Waals surface area contributed by atoms with Crippen molar-refractivity contribution < 1.29 is 8.81 Å². The molecule has 3 nitrogen and oxygen atoms in total. The molecule has 3 aromatic rings. The van der Waals surface area contributed by atoms with Crippen LogP contribution in [0.1, 0.15) is 0 Å². The minimum Gasteiger partial charge on any atom is -0.473 e. The highest BCUT2D eigenvalue weighted by atomic mass is 19.1. The van der Waals surface area contributed by atoms with Gasteiger partial charge in [-0.2, -0.15) is 4.39 Å². The molecular weight excluding hydrogens is 207 g/mol. The van der Waals surface area contributed by atoms with E-state index in [1.165, 1.54) is 0 Å². The van der Waals surface area contributed by atoms with Crippen molar-refractivity contribution in [3.05, 3.63) is 61.1 Å². The van der Waals surface area contributed by atoms with Crippen LogP contribution in [0.3, 0.4) is 0 Å². The molecule has 0 aliphatic carbocycles. The molecule has 1 aromatic carbocycles. The van der Waals surface area contributed by atoms with E-state index in [0.717, 1.165) is 6.20 Å². The maximum atomic E-state index is 12.5. The van der Waals surface area contributed by atoms with Crippen molar-refractivity contribution in [2.45, 2.75) is 0 Å². The van der Waals surface area contributed by atoms with E-state index in [0.29, 0.717) is 11.0 Å². The lowest BCUT2D eigenvalue weighted by atomic mass is 10.3. The number of aromatic nitrogens is 2. The molecule has 0 spiro atoms. The summed E-state index contributed by atoms with van der Waals surface area (Å²) in [6.07, 6.45) is 4.36. The average molecular weight is 216 g/mol. The molecule has 0 amide bonds. The minimum absolute atomic E-state index is 0.538. The Morgan fingerprint density at radius 3 is 2.25 bits per heavy atom. The van der Waals surface area contributed by atoms with Gasteiger partial charge in [-0.25, -0.2) is 9.97 Å². The number of nitrogens with zero attached hydrogens (tertiary/aromatic N) is 2. The van der Waals surface area contributed by atoms with Crippen molar-refractivity contribution >= 4 is 11.0 Å². The van der Waals surface area contributed by atoms with E-state index < -0.39 is 5.95 Å². The van der Waals surface area contributed by atoms with Crippen LogP contribution in [0.5, 0.6) is 0 Å². The second-order valence-corrected chi connectivity index (χ2v) is 2.97. The van der Waals surface area contributed by atoms with Gasteiger partial charge in [-0.1, -0.05) is 12.1 Å². The summed E-state index contributed by atoms with van der Waals surface area (Å²) in [5.74, 6) is -0.538. The standard InChI is InChI=1S/C8H5FN2.C4H4O/c9-8-5-10-6-3-1-2-4-7(6)11-8;1-2-4-5-3-1/h1-5H;1-4H. The molecule has 2 heterocycles. The molecule has 16 heavy (non-hydrogen) atoms. The molecule has 0 radical (unpaired) electrons. The summed E-state index contributed by atoms with van der Waals surface area (Å²) in [6.45, 7) is 0. The van der Waals surface area contributed by atoms with Gasteiger partial charge >= 0.3 is 0 Å². The predicted octanol–water partition coefficient (Wildman–Crippen LogP) is 3.05. The molecule has 4 heteroatoms. The van der Waals surface area contributed by atoms with Gasteiger partial charge in [0.15, 0.2) is 0 Å². The Morgan fingerprint density at radius 1 is 0.938 bits per heavy atom. The lowest BCUT2D eigenvalue weighted by Gasteiger charge is -1.92. The van der Waals surface area contributed by atoms with Gasteiger partial charge in [0.1, 0.15) is 0 Å². The van der Waals surface area contributed by atoms with E-state index in [1.54, 1.807) is 30.7 Å². The van der Waals surface area contributed by atoms with Crippen LogP contribution < -0.4 is 0 Å². The zero-order valence-corrected chi connectivity index (χ0v) is 8.38. The van der Waals surface area contributed by atoms with Crippen molar-refractivity contribution in [1.29, 1.82) is 0 Å². The maximum Gasteiger partial charge on any atom is 0.231 e. The van der Waals surface area contributed by atoms with Crippen molar-refractivity contribution in [2.75, 3.05) is 0 Å². The molecule has 0 fully saturated rings. The molecule has 0 saturated heterocycles. The summed E-state index contributed by atoms with van der Waals surface area (Å²) in [5.41, 5.74) is 1.31. The number of para-hydroxylation sites is 2. The molecule has 0 aliphatic rings. The molecule has 2 aromatic heterocycles. The summed E-state index contributed by atoms with van der Waals surface area (Å²) in [4.78, 5) is 7.49. The van der Waals surface area contributed by atoms with Gasteiger partial charge in [0.05, 0.1) is 29.8 Å². The van der Waals surface area contributed by atoms with Gasteiger partial charge in [-0.3, -0.25) is 0 Å². The lowest BCUT2D eigenvalue weighted by molar-refractivity contribution is 0.567. The van der Waals surface area contributed by atoms with E-state index in [9.17, 15) is 4.39 Å². The van der Waals surface area contributed by atoms with Crippen LogP contribution in [0.25, 0.3) is 11.0 Å². The maximum absolute atomic E-state index is 12.5. The summed E-state index contributed by atoms with van der Waals surface area (Å²) >= 11 is 0. The Kier molecular flexibility index (Phi) is 3.23. The highest BCUT2D eigenvalue weighted by molar-refractivity contribution is 5.73. The third kappa shape index (κ3) is 2.63. The first-order chi connectivity index (χ1) is 7.86. The smallest absolute Gasteiger partial charge is 0.231 e. The van der Waals surface area contributed by atoms with Crippen molar-refractivity contribution in [3.8, 4) is 0 Å². The van der Waals surface area contributed by atoms with Gasteiger partial charge < -0.3 is 4.42 Å². The van der Waals surface area contributed by atoms with E-state index in [2.05, 4.69) is 14.4 Å². The quantitative estimate of drug-likeness (QED) is 0.579. The van der Waals surface area contributed by atoms with Crippen molar-refractivity contribution in [2.24, 2.45) is 0 Å². The van der Waals surface area contributed by atoms with Crippen LogP contribution in [-0.4, -0.2) is 9.97 Å². The van der Waals surface area contributed by atoms with Crippen LogP contribution in [0.4, 0.5) is 4.39 Å². The number of rotatable bonds is 0. The molecule has 80 valence electrons. The second-order valence-electron chi connectivity index (χ2n) is 2.97. The highest BCUT2D eigenvalue weighted by Crippen LogP contribution is 2.06. The molecule has 0 bridgehead atoms. The lowest BCUT2D eigenvalue weighted by Crippen LogP contribution is -1.86. The Bertz CT molecular complexity index is 535. The van der Waals surface area contributed by atoms with E-state index in [-0.39, 0.29) is 0 Å². The van der Waals surface area contributed by atoms with E-state index in [1.807, 2.05) is 18.2 Å². The first kappa shape index (κ1) is 10.3. The van der Waals surface area contributed by atoms with Crippen molar-refractivity contribution in [1.82, 2.24) is 9.97 Å². The molecule has 0 saturated carbocycles. The average Bonchev–Trinajstić information content (AvgIpc) is 2.87. The number of halogens is 1. The van der Waals surface area contributed by atoms with Gasteiger partial charge in [-0.15, -0.1) is 0 Å². The minimum atomic E-state index is -0.538. The summed E-state index contributed by atoms with van der Waals surface area (Å²) in [5, 5.41) is 0. The fourth-order valence-corrected chi connectivity index (χ4v) is 1.16. The fourth-order valence-electron chi connectivity index (χ4n) is 1.16. The van der Waals surface area contributed by atoms with Crippen LogP contribution in [0, 0.1) is 5.95 Å². The predicted molar refractivity (Wildman–Crippen MR) is 58.2 cm³/mol. The van der Waals surface area contributed by atoms with Crippen LogP contribution in [0.15, 0.2) is 59.5 Å². The van der Waals surface area contributed by atoms with Gasteiger partial charge in [0, 0.05) is 0 Å². The SMILES string of the molecule is Fc1cnc2ccccc2n1.c1ccoc1. The first-order valence-electron chi connectivity index (χ1n) is 4.71. The second kappa shape index (κ2) is 5.02. The Labute approximate surface area is 91.6 Å². The zero-order valence-electron chi connectivity index (χ0n) is 8.38. The summed E-state index contributed by atoms with van der Waals surface area (Å²) in [7, 11) is 0. The number of hydrogen-bond donors (Lipinski definition) is 0. The normalized spacial score (nSPS) is 9.56. The highest BCUT2D eigenvalue weighted by Gasteiger charge is 1.95. The number of fused-ring (bicyclic) bond motifs is 1. The number of benzene rings is 1. The van der Waals surface area contributed by atoms with Gasteiger partial charge in [-0.05, 0) is 24.3 Å². The van der Waals surface area contributed by atoms with E-state index >= 15 is 0 Å². The third-order valence-electron chi connectivity index (χ3n) is 1.84. The van der Waals surface area contributed by atoms with Gasteiger partial charge in [0.2, 0.25) is 5.95 Å². The monoisotopic (exact) mass is 216 g/mol. The fraction of sp³-hybridized carbons (Fsp3) is 0. The van der Waals surface area contributed by atoms with Crippen LogP contribution in [-0.2, 0) is 0 Å². The summed E-state index contributed by atoms with van der Waals surface area (Å²) < 4.78 is 17.0. The molecule has 0 unspecified atom stereocenters. The summed E-state index contributed by atoms with van der Waals surface area (Å²) in [6, 6.07) is 10.8. The zero-order chi connectivity index (χ0) is 11.2. The van der Waals surface area contributed by atoms with Crippen molar-refractivity contribution in [3.63, 3.8) is 0 Å². The Morgan fingerprint density at radius 2 is 1.62 bits per heavy atom. The number of furan rings is 1. The molecule has 3 rings (SSSR count). The molecule has 0 atom stereocenters. The molecule has 0 aliphatic heterocycles. The van der Waals surface area contributed by atoms with Crippen LogP contribution in [0.2, 0.25) is 0 Å². The van der Waals surface area contributed by atoms with E-state index in [4.69, 9.17) is 0 Å². The Hall–Kier alpha value is -2.23. The largest absolute Gasteiger partial charge is 0.473 e. The number of hydrogen-bond acceptors (Lipinski definition) is 3. The topological polar surface area (TPSA) is 38.9 Å². The molecular formula is C12H9FN2O. The first-order valence-corrected chi connectivity index (χ1v) is 4.71.